The summed E-state index contributed by atoms with van der Waals surface area (Å²) in [4.78, 5) is 10.7. The van der Waals surface area contributed by atoms with Gasteiger partial charge in [-0.05, 0) is 44.1 Å². The first-order valence-corrected chi connectivity index (χ1v) is 5.37. The second kappa shape index (κ2) is 7.31. The Morgan fingerprint density at radius 2 is 1.43 bits per heavy atom. The predicted molar refractivity (Wildman–Crippen MR) is 60.1 cm³/mol. The summed E-state index contributed by atoms with van der Waals surface area (Å²) >= 11 is 0. The Balaban J connectivity index is 2.51. The van der Waals surface area contributed by atoms with Crippen LogP contribution < -0.4 is 0 Å². The van der Waals surface area contributed by atoms with E-state index in [-0.39, 0.29) is 0 Å². The molecule has 1 heteroatoms. The van der Waals surface area contributed by atoms with Gasteiger partial charge in [0.1, 0.15) is 6.29 Å². The third kappa shape index (κ3) is 4.80. The zero-order valence-electron chi connectivity index (χ0n) is 8.61. The molecule has 0 N–H and O–H groups in total. The molecule has 0 heterocycles. The maximum absolute atomic E-state index is 10.7. The van der Waals surface area contributed by atoms with Crippen LogP contribution in [0.1, 0.15) is 38.5 Å². The molecule has 0 aromatic carbocycles. The van der Waals surface area contributed by atoms with Crippen molar-refractivity contribution in [2.45, 2.75) is 38.5 Å². The molecule has 0 aromatic heterocycles. The van der Waals surface area contributed by atoms with Crippen molar-refractivity contribution >= 4 is 6.29 Å². The minimum atomic E-state index is 0.893. The Morgan fingerprint density at radius 1 is 0.857 bits per heavy atom. The number of hydrogen-bond donors (Lipinski definition) is 0. The molecule has 0 fully saturated rings. The van der Waals surface area contributed by atoms with Crippen LogP contribution in [-0.2, 0) is 4.79 Å². The summed E-state index contributed by atoms with van der Waals surface area (Å²) in [6, 6.07) is 0. The summed E-state index contributed by atoms with van der Waals surface area (Å²) in [5.74, 6) is 0. The van der Waals surface area contributed by atoms with Gasteiger partial charge < -0.3 is 0 Å². The lowest BCUT2D eigenvalue weighted by atomic mass is 10.1. The number of carbonyl (C=O) groups excluding carboxylic acids is 1. The summed E-state index contributed by atoms with van der Waals surface area (Å²) < 4.78 is 0. The molecule has 1 aliphatic rings. The molecular weight excluding hydrogens is 172 g/mol. The maximum atomic E-state index is 10.7. The molecule has 0 saturated heterocycles. The number of hydrogen-bond acceptors (Lipinski definition) is 1. The molecule has 1 aliphatic carbocycles. The van der Waals surface area contributed by atoms with E-state index < -0.39 is 0 Å². The van der Waals surface area contributed by atoms with Crippen molar-refractivity contribution in [3.05, 3.63) is 36.0 Å². The highest BCUT2D eigenvalue weighted by molar-refractivity contribution is 5.72. The zero-order chi connectivity index (χ0) is 10.1. The van der Waals surface area contributed by atoms with Gasteiger partial charge in [0.05, 0.1) is 0 Å². The highest BCUT2D eigenvalue weighted by atomic mass is 16.1. The van der Waals surface area contributed by atoms with Crippen molar-refractivity contribution in [1.29, 1.82) is 0 Å². The minimum Gasteiger partial charge on any atom is -0.298 e. The summed E-state index contributed by atoms with van der Waals surface area (Å²) in [5.41, 5.74) is 0.948. The van der Waals surface area contributed by atoms with Gasteiger partial charge in [-0.25, -0.2) is 0 Å². The van der Waals surface area contributed by atoms with E-state index in [9.17, 15) is 4.79 Å². The van der Waals surface area contributed by atoms with E-state index in [0.29, 0.717) is 0 Å². The molecular formula is C13H18O. The third-order valence-electron chi connectivity index (χ3n) is 2.32. The van der Waals surface area contributed by atoms with E-state index in [1.165, 1.54) is 0 Å². The highest BCUT2D eigenvalue weighted by Gasteiger charge is 1.93. The van der Waals surface area contributed by atoms with Crippen molar-refractivity contribution in [2.24, 2.45) is 0 Å². The fourth-order valence-corrected chi connectivity index (χ4v) is 1.49. The Kier molecular flexibility index (Phi) is 5.73. The lowest BCUT2D eigenvalue weighted by Gasteiger charge is -1.98. The van der Waals surface area contributed by atoms with E-state index in [2.05, 4.69) is 30.4 Å². The van der Waals surface area contributed by atoms with Crippen LogP contribution in [0.2, 0.25) is 0 Å². The fraction of sp³-hybridized carbons (Fsp3) is 0.462. The first-order chi connectivity index (χ1) is 6.93. The molecule has 0 aliphatic heterocycles. The van der Waals surface area contributed by atoms with Gasteiger partial charge in [0.25, 0.3) is 0 Å². The molecule has 0 amide bonds. The van der Waals surface area contributed by atoms with Crippen LogP contribution in [0.15, 0.2) is 36.0 Å². The smallest absolute Gasteiger partial charge is 0.145 e. The second-order valence-corrected chi connectivity index (χ2v) is 3.53. The molecule has 0 radical (unpaired) electrons. The lowest BCUT2D eigenvalue weighted by Crippen LogP contribution is -1.85. The van der Waals surface area contributed by atoms with E-state index in [1.54, 1.807) is 0 Å². The standard InChI is InChI=1S/C13H18O/c14-12-13-10-8-6-4-2-1-3-5-7-9-11-13/h2,4-5,7,10,12H,1,3,6,8-9,11H2. The maximum Gasteiger partial charge on any atom is 0.145 e. The number of carbonyl (C=O) groups is 1. The molecule has 0 atom stereocenters. The number of aldehydes is 1. The van der Waals surface area contributed by atoms with E-state index in [0.717, 1.165) is 50.4 Å². The summed E-state index contributed by atoms with van der Waals surface area (Å²) in [5, 5.41) is 0. The van der Waals surface area contributed by atoms with Crippen LogP contribution in [-0.4, -0.2) is 6.29 Å². The Labute approximate surface area is 86.2 Å². The van der Waals surface area contributed by atoms with Crippen molar-refractivity contribution < 1.29 is 4.79 Å². The predicted octanol–water partition coefficient (Wildman–Crippen LogP) is 3.58. The molecule has 0 aromatic rings. The van der Waals surface area contributed by atoms with Gasteiger partial charge in [-0.15, -0.1) is 0 Å². The van der Waals surface area contributed by atoms with Gasteiger partial charge in [-0.1, -0.05) is 30.4 Å². The second-order valence-electron chi connectivity index (χ2n) is 3.53. The normalized spacial score (nSPS) is 19.3. The lowest BCUT2D eigenvalue weighted by molar-refractivity contribution is -0.105. The minimum absolute atomic E-state index is 0.893. The molecule has 1 rings (SSSR count). The quantitative estimate of drug-likeness (QED) is 0.456. The molecule has 0 bridgehead atoms. The van der Waals surface area contributed by atoms with Crippen molar-refractivity contribution in [3.63, 3.8) is 0 Å². The Hall–Kier alpha value is -1.11. The van der Waals surface area contributed by atoms with E-state index in [4.69, 9.17) is 0 Å². The van der Waals surface area contributed by atoms with Crippen molar-refractivity contribution in [1.82, 2.24) is 0 Å². The zero-order valence-corrected chi connectivity index (χ0v) is 8.61. The Morgan fingerprint density at radius 3 is 2.07 bits per heavy atom. The molecule has 1 nitrogen and oxygen atoms in total. The molecule has 0 unspecified atom stereocenters. The SMILES string of the molecule is O=CC1=CCCC=CCCC=CCC1. The van der Waals surface area contributed by atoms with Crippen LogP contribution in [0.4, 0.5) is 0 Å². The van der Waals surface area contributed by atoms with Gasteiger partial charge >= 0.3 is 0 Å². The molecule has 0 spiro atoms. The average Bonchev–Trinajstić information content (AvgIpc) is 2.19. The molecule has 0 saturated carbocycles. The first kappa shape index (κ1) is 11.0. The third-order valence-corrected chi connectivity index (χ3v) is 2.32. The van der Waals surface area contributed by atoms with Gasteiger partial charge in [-0.3, -0.25) is 4.79 Å². The summed E-state index contributed by atoms with van der Waals surface area (Å²) in [7, 11) is 0. The van der Waals surface area contributed by atoms with Crippen LogP contribution in [0, 0.1) is 0 Å². The van der Waals surface area contributed by atoms with E-state index >= 15 is 0 Å². The number of allylic oxidation sites excluding steroid dienone is 6. The molecule has 14 heavy (non-hydrogen) atoms. The number of rotatable bonds is 1. The topological polar surface area (TPSA) is 17.1 Å². The molecule has 76 valence electrons. The monoisotopic (exact) mass is 190 g/mol. The van der Waals surface area contributed by atoms with Gasteiger partial charge in [0.2, 0.25) is 0 Å². The van der Waals surface area contributed by atoms with Gasteiger partial charge in [0.15, 0.2) is 0 Å². The van der Waals surface area contributed by atoms with Gasteiger partial charge in [-0.2, -0.15) is 0 Å². The van der Waals surface area contributed by atoms with E-state index in [1.807, 2.05) is 0 Å². The van der Waals surface area contributed by atoms with Gasteiger partial charge in [0, 0.05) is 0 Å². The van der Waals surface area contributed by atoms with Crippen molar-refractivity contribution in [2.75, 3.05) is 0 Å². The average molecular weight is 190 g/mol. The van der Waals surface area contributed by atoms with Crippen LogP contribution >= 0.6 is 0 Å². The van der Waals surface area contributed by atoms with Crippen LogP contribution in [0.5, 0.6) is 0 Å². The Bertz CT molecular complexity index is 246. The summed E-state index contributed by atoms with van der Waals surface area (Å²) in [6.45, 7) is 0. The summed E-state index contributed by atoms with van der Waals surface area (Å²) in [6.07, 6.45) is 18.1. The first-order valence-electron chi connectivity index (χ1n) is 5.37. The highest BCUT2D eigenvalue weighted by Crippen LogP contribution is 2.08. The van der Waals surface area contributed by atoms with Crippen LogP contribution in [0.3, 0.4) is 0 Å². The van der Waals surface area contributed by atoms with Crippen LogP contribution in [0.25, 0.3) is 0 Å². The fourth-order valence-electron chi connectivity index (χ4n) is 1.49. The van der Waals surface area contributed by atoms with Crippen molar-refractivity contribution in [3.8, 4) is 0 Å². The largest absolute Gasteiger partial charge is 0.298 e.